The largest absolute Gasteiger partial charge is 0.462 e. The lowest BCUT2D eigenvalue weighted by atomic mass is 9.65. The fraction of sp³-hybridized carbons (Fsp3) is 0.708. The maximum absolute atomic E-state index is 12.5. The van der Waals surface area contributed by atoms with E-state index in [0.717, 1.165) is 12.8 Å². The quantitative estimate of drug-likeness (QED) is 0.525. The van der Waals surface area contributed by atoms with Gasteiger partial charge in [0.15, 0.2) is 0 Å². The van der Waals surface area contributed by atoms with E-state index in [2.05, 4.69) is 32.1 Å². The molecule has 6 nitrogen and oxygen atoms in total. The maximum Gasteiger partial charge on any atom is 0.316 e. The molecular formula is C24H34O6. The molecule has 6 heteroatoms. The van der Waals surface area contributed by atoms with Gasteiger partial charge in [-0.25, -0.2) is 0 Å². The Labute approximate surface area is 178 Å². The number of esters is 2. The normalized spacial score (nSPS) is 36.9. The SMILES string of the molecule is CC(=O)C(C)C(=O)OC1CC(C)C=C2C=CC(C)C(CCC3CC(O)CC(=O)O3)C21. The van der Waals surface area contributed by atoms with Crippen LogP contribution in [0.1, 0.15) is 59.8 Å². The average molecular weight is 419 g/mol. The third kappa shape index (κ3) is 5.20. The predicted octanol–water partition coefficient (Wildman–Crippen LogP) is 3.37. The van der Waals surface area contributed by atoms with E-state index in [1.54, 1.807) is 6.92 Å². The molecule has 1 N–H and O–H groups in total. The van der Waals surface area contributed by atoms with Crippen LogP contribution in [0.25, 0.3) is 0 Å². The molecule has 0 saturated carbocycles. The summed E-state index contributed by atoms with van der Waals surface area (Å²) in [7, 11) is 0. The summed E-state index contributed by atoms with van der Waals surface area (Å²) in [6, 6.07) is 0. The number of aliphatic hydroxyl groups is 1. The van der Waals surface area contributed by atoms with Crippen molar-refractivity contribution in [3.8, 4) is 0 Å². The van der Waals surface area contributed by atoms with Crippen LogP contribution in [0.3, 0.4) is 0 Å². The zero-order valence-corrected chi connectivity index (χ0v) is 18.4. The molecule has 3 rings (SSSR count). The molecule has 1 heterocycles. The number of hydrogen-bond donors (Lipinski definition) is 1. The Kier molecular flexibility index (Phi) is 7.17. The monoisotopic (exact) mass is 418 g/mol. The molecule has 0 aromatic carbocycles. The summed E-state index contributed by atoms with van der Waals surface area (Å²) in [5.41, 5.74) is 1.19. The fourth-order valence-corrected chi connectivity index (χ4v) is 5.06. The highest BCUT2D eigenvalue weighted by Gasteiger charge is 2.42. The lowest BCUT2D eigenvalue weighted by Crippen LogP contribution is -2.42. The molecule has 0 radical (unpaired) electrons. The van der Waals surface area contributed by atoms with E-state index < -0.39 is 18.0 Å². The van der Waals surface area contributed by atoms with E-state index in [0.29, 0.717) is 12.8 Å². The van der Waals surface area contributed by atoms with Crippen LogP contribution < -0.4 is 0 Å². The highest BCUT2D eigenvalue weighted by atomic mass is 16.6. The van der Waals surface area contributed by atoms with Crippen LogP contribution in [0.15, 0.2) is 23.8 Å². The number of hydrogen-bond acceptors (Lipinski definition) is 6. The molecule has 8 unspecified atom stereocenters. The van der Waals surface area contributed by atoms with Crippen molar-refractivity contribution in [1.29, 1.82) is 0 Å². The van der Waals surface area contributed by atoms with Crippen molar-refractivity contribution >= 4 is 17.7 Å². The molecule has 3 aliphatic rings. The third-order valence-corrected chi connectivity index (χ3v) is 6.88. The van der Waals surface area contributed by atoms with Gasteiger partial charge in [-0.2, -0.15) is 0 Å². The number of aliphatic hydroxyl groups excluding tert-OH is 1. The molecule has 0 spiro atoms. The van der Waals surface area contributed by atoms with Crippen molar-refractivity contribution in [2.45, 2.75) is 78.1 Å². The summed E-state index contributed by atoms with van der Waals surface area (Å²) in [5, 5.41) is 9.89. The number of cyclic esters (lactones) is 1. The fourth-order valence-electron chi connectivity index (χ4n) is 5.06. The van der Waals surface area contributed by atoms with Crippen molar-refractivity contribution in [1.82, 2.24) is 0 Å². The molecule has 1 saturated heterocycles. The van der Waals surface area contributed by atoms with Gasteiger partial charge in [-0.3, -0.25) is 14.4 Å². The van der Waals surface area contributed by atoms with Gasteiger partial charge in [-0.15, -0.1) is 0 Å². The van der Waals surface area contributed by atoms with Crippen LogP contribution in [-0.4, -0.2) is 41.1 Å². The van der Waals surface area contributed by atoms with Crippen molar-refractivity contribution in [3.63, 3.8) is 0 Å². The van der Waals surface area contributed by atoms with Gasteiger partial charge in [0.2, 0.25) is 0 Å². The first-order valence-corrected chi connectivity index (χ1v) is 11.1. The van der Waals surface area contributed by atoms with Crippen LogP contribution in [0, 0.1) is 29.6 Å². The van der Waals surface area contributed by atoms with E-state index in [1.807, 2.05) is 0 Å². The summed E-state index contributed by atoms with van der Waals surface area (Å²) in [4.78, 5) is 35.8. The third-order valence-electron chi connectivity index (χ3n) is 6.88. The Balaban J connectivity index is 1.75. The molecule has 1 fully saturated rings. The van der Waals surface area contributed by atoms with Crippen LogP contribution in [0.5, 0.6) is 0 Å². The first-order chi connectivity index (χ1) is 14.2. The van der Waals surface area contributed by atoms with E-state index >= 15 is 0 Å². The smallest absolute Gasteiger partial charge is 0.316 e. The minimum atomic E-state index is -0.757. The summed E-state index contributed by atoms with van der Waals surface area (Å²) in [5.74, 6) is -0.867. The molecule has 0 aromatic rings. The summed E-state index contributed by atoms with van der Waals surface area (Å²) < 4.78 is 11.3. The molecule has 8 atom stereocenters. The Morgan fingerprint density at radius 3 is 2.67 bits per heavy atom. The number of allylic oxidation sites excluding steroid dienone is 3. The first-order valence-electron chi connectivity index (χ1n) is 11.1. The second-order valence-corrected chi connectivity index (χ2v) is 9.38. The number of fused-ring (bicyclic) bond motifs is 1. The van der Waals surface area contributed by atoms with Gasteiger partial charge in [-0.05, 0) is 56.4 Å². The van der Waals surface area contributed by atoms with Crippen LogP contribution >= 0.6 is 0 Å². The number of carbonyl (C=O) groups excluding carboxylic acids is 3. The highest BCUT2D eigenvalue weighted by molar-refractivity contribution is 5.97. The molecule has 1 aliphatic heterocycles. The van der Waals surface area contributed by atoms with Gasteiger partial charge >= 0.3 is 11.9 Å². The van der Waals surface area contributed by atoms with Gasteiger partial charge < -0.3 is 14.6 Å². The molecule has 30 heavy (non-hydrogen) atoms. The molecule has 2 aliphatic carbocycles. The standard InChI is InChI=1S/C24H34O6/c1-13-9-17-6-5-14(2)20(8-7-19-11-18(26)12-22(27)29-19)23(17)21(10-13)30-24(28)15(3)16(4)25/h5-6,9,13-15,18-21,23,26H,7-8,10-12H2,1-4H3. The Morgan fingerprint density at radius 1 is 1.27 bits per heavy atom. The lowest BCUT2D eigenvalue weighted by molar-refractivity contribution is -0.163. The summed E-state index contributed by atoms with van der Waals surface area (Å²) in [6.45, 7) is 7.28. The van der Waals surface area contributed by atoms with Gasteiger partial charge in [-0.1, -0.05) is 32.1 Å². The van der Waals surface area contributed by atoms with Crippen LogP contribution in [-0.2, 0) is 23.9 Å². The first kappa shape index (κ1) is 22.7. The van der Waals surface area contributed by atoms with E-state index in [9.17, 15) is 19.5 Å². The lowest BCUT2D eigenvalue weighted by Gasteiger charge is -2.43. The van der Waals surface area contributed by atoms with Crippen molar-refractivity contribution < 1.29 is 29.0 Å². The van der Waals surface area contributed by atoms with Crippen LogP contribution in [0.2, 0.25) is 0 Å². The average Bonchev–Trinajstić information content (AvgIpc) is 2.65. The van der Waals surface area contributed by atoms with Gasteiger partial charge in [0.05, 0.1) is 12.5 Å². The zero-order chi connectivity index (χ0) is 22.0. The van der Waals surface area contributed by atoms with Crippen molar-refractivity contribution in [2.75, 3.05) is 0 Å². The molecule has 0 aromatic heterocycles. The van der Waals surface area contributed by atoms with Crippen molar-refractivity contribution in [3.05, 3.63) is 23.8 Å². The number of ether oxygens (including phenoxy) is 2. The second kappa shape index (κ2) is 9.46. The van der Waals surface area contributed by atoms with Crippen molar-refractivity contribution in [2.24, 2.45) is 29.6 Å². The number of rotatable bonds is 6. The second-order valence-electron chi connectivity index (χ2n) is 9.38. The summed E-state index contributed by atoms with van der Waals surface area (Å²) in [6.07, 6.45) is 8.18. The van der Waals surface area contributed by atoms with E-state index in [1.165, 1.54) is 12.5 Å². The number of ketones is 1. The predicted molar refractivity (Wildman–Crippen MR) is 111 cm³/mol. The number of carbonyl (C=O) groups is 3. The topological polar surface area (TPSA) is 89.9 Å². The van der Waals surface area contributed by atoms with Gasteiger partial charge in [0.25, 0.3) is 0 Å². The molecule has 166 valence electrons. The zero-order valence-electron chi connectivity index (χ0n) is 18.4. The maximum atomic E-state index is 12.5. The Morgan fingerprint density at radius 2 is 2.00 bits per heavy atom. The Bertz CT molecular complexity index is 738. The molecule has 0 amide bonds. The Hall–Kier alpha value is -1.95. The summed E-state index contributed by atoms with van der Waals surface area (Å²) >= 11 is 0. The minimum absolute atomic E-state index is 0.0634. The highest BCUT2D eigenvalue weighted by Crippen LogP contribution is 2.45. The van der Waals surface area contributed by atoms with E-state index in [4.69, 9.17) is 9.47 Å². The minimum Gasteiger partial charge on any atom is -0.462 e. The van der Waals surface area contributed by atoms with Gasteiger partial charge in [0.1, 0.15) is 23.9 Å². The molecular weight excluding hydrogens is 384 g/mol. The molecule has 0 bridgehead atoms. The number of Topliss-reactive ketones (excluding diaryl/α,β-unsaturated/α-hetero) is 1. The van der Waals surface area contributed by atoms with E-state index in [-0.39, 0.29) is 54.1 Å². The van der Waals surface area contributed by atoms with Crippen LogP contribution in [0.4, 0.5) is 0 Å². The van der Waals surface area contributed by atoms with Gasteiger partial charge in [0, 0.05) is 12.3 Å².